The molecule has 0 amide bonds. The van der Waals surface area contributed by atoms with E-state index in [-0.39, 0.29) is 26.3 Å². The zero-order valence-electron chi connectivity index (χ0n) is 9.29. The van der Waals surface area contributed by atoms with Gasteiger partial charge in [0.1, 0.15) is 0 Å². The molecule has 1 saturated heterocycles. The number of nitrogens with zero attached hydrogens (tertiary/aromatic N) is 2. The molecular formula is C8H16N2O5S. The van der Waals surface area contributed by atoms with E-state index in [1.807, 2.05) is 0 Å². The summed E-state index contributed by atoms with van der Waals surface area (Å²) in [4.78, 5) is 10.8. The Kier molecular flexibility index (Phi) is 4.25. The first kappa shape index (κ1) is 13.4. The number of hydrogen-bond acceptors (Lipinski definition) is 4. The minimum atomic E-state index is -3.57. The van der Waals surface area contributed by atoms with Gasteiger partial charge in [-0.2, -0.15) is 17.0 Å². The summed E-state index contributed by atoms with van der Waals surface area (Å²) in [5.41, 5.74) is 0. The maximum atomic E-state index is 11.8. The van der Waals surface area contributed by atoms with Gasteiger partial charge < -0.3 is 9.84 Å². The molecule has 7 nitrogen and oxygen atoms in total. The third-order valence-corrected chi connectivity index (χ3v) is 4.27. The average Bonchev–Trinajstić information content (AvgIpc) is 2.42. The van der Waals surface area contributed by atoms with Gasteiger partial charge in [0, 0.05) is 27.2 Å². The normalized spacial score (nSPS) is 24.3. The van der Waals surface area contributed by atoms with Crippen LogP contribution in [0.4, 0.5) is 0 Å². The fourth-order valence-electron chi connectivity index (χ4n) is 1.37. The van der Waals surface area contributed by atoms with Crippen LogP contribution in [0.1, 0.15) is 0 Å². The SMILES string of the molecule is CN(C)S(=O)(=O)N1CCOC[C@H](C(=O)O)C1. The molecule has 1 fully saturated rings. The highest BCUT2D eigenvalue weighted by Crippen LogP contribution is 2.12. The van der Waals surface area contributed by atoms with Crippen molar-refractivity contribution in [2.45, 2.75) is 0 Å². The molecule has 0 unspecified atom stereocenters. The molecule has 16 heavy (non-hydrogen) atoms. The second-order valence-corrected chi connectivity index (χ2v) is 5.90. The second-order valence-electron chi connectivity index (χ2n) is 3.76. The first-order valence-corrected chi connectivity index (χ1v) is 6.23. The molecule has 0 aliphatic carbocycles. The Hall–Kier alpha value is -0.700. The molecule has 1 aliphatic heterocycles. The lowest BCUT2D eigenvalue weighted by atomic mass is 10.2. The van der Waals surface area contributed by atoms with Crippen molar-refractivity contribution in [1.82, 2.24) is 8.61 Å². The van der Waals surface area contributed by atoms with Crippen LogP contribution in [0.3, 0.4) is 0 Å². The Morgan fingerprint density at radius 3 is 2.62 bits per heavy atom. The second kappa shape index (κ2) is 5.09. The largest absolute Gasteiger partial charge is 0.481 e. The van der Waals surface area contributed by atoms with Crippen molar-refractivity contribution in [2.75, 3.05) is 40.4 Å². The van der Waals surface area contributed by atoms with Gasteiger partial charge >= 0.3 is 5.97 Å². The number of carbonyl (C=O) groups is 1. The van der Waals surface area contributed by atoms with Gasteiger partial charge in [0.05, 0.1) is 19.1 Å². The monoisotopic (exact) mass is 252 g/mol. The fraction of sp³-hybridized carbons (Fsp3) is 0.875. The van der Waals surface area contributed by atoms with Crippen LogP contribution in [0, 0.1) is 5.92 Å². The smallest absolute Gasteiger partial charge is 0.310 e. The third kappa shape index (κ3) is 2.91. The molecule has 0 aromatic rings. The van der Waals surface area contributed by atoms with E-state index in [9.17, 15) is 13.2 Å². The first-order valence-electron chi connectivity index (χ1n) is 4.84. The zero-order valence-corrected chi connectivity index (χ0v) is 10.1. The van der Waals surface area contributed by atoms with Gasteiger partial charge in [-0.05, 0) is 0 Å². The van der Waals surface area contributed by atoms with Crippen molar-refractivity contribution >= 4 is 16.2 Å². The van der Waals surface area contributed by atoms with E-state index in [4.69, 9.17) is 9.84 Å². The summed E-state index contributed by atoms with van der Waals surface area (Å²) in [6.07, 6.45) is 0. The Bertz CT molecular complexity index is 353. The molecule has 1 rings (SSSR count). The highest BCUT2D eigenvalue weighted by atomic mass is 32.2. The molecule has 0 bridgehead atoms. The number of ether oxygens (including phenoxy) is 1. The number of carboxylic acids is 1. The van der Waals surface area contributed by atoms with E-state index in [2.05, 4.69) is 0 Å². The molecular weight excluding hydrogens is 236 g/mol. The van der Waals surface area contributed by atoms with Gasteiger partial charge in [-0.1, -0.05) is 0 Å². The molecule has 8 heteroatoms. The maximum absolute atomic E-state index is 11.8. The molecule has 1 atom stereocenters. The summed E-state index contributed by atoms with van der Waals surface area (Å²) >= 11 is 0. The van der Waals surface area contributed by atoms with Gasteiger partial charge in [0.15, 0.2) is 0 Å². The standard InChI is InChI=1S/C8H16N2O5S/c1-9(2)16(13,14)10-3-4-15-6-7(5-10)8(11)12/h7H,3-6H2,1-2H3,(H,11,12)/t7-/m1/s1. The lowest BCUT2D eigenvalue weighted by Crippen LogP contribution is -2.44. The summed E-state index contributed by atoms with van der Waals surface area (Å²) in [5, 5.41) is 8.87. The van der Waals surface area contributed by atoms with Crippen LogP contribution in [0.2, 0.25) is 0 Å². The van der Waals surface area contributed by atoms with Gasteiger partial charge in [0.2, 0.25) is 0 Å². The summed E-state index contributed by atoms with van der Waals surface area (Å²) in [6.45, 7) is 0.409. The minimum Gasteiger partial charge on any atom is -0.481 e. The molecule has 0 spiro atoms. The number of rotatable bonds is 3. The van der Waals surface area contributed by atoms with Crippen LogP contribution in [0.15, 0.2) is 0 Å². The van der Waals surface area contributed by atoms with Crippen LogP contribution in [0.25, 0.3) is 0 Å². The van der Waals surface area contributed by atoms with Gasteiger partial charge in [0.25, 0.3) is 10.2 Å². The minimum absolute atomic E-state index is 0.0458. The topological polar surface area (TPSA) is 87.2 Å². The summed E-state index contributed by atoms with van der Waals surface area (Å²) in [6, 6.07) is 0. The first-order chi connectivity index (χ1) is 7.35. The number of aliphatic carboxylic acids is 1. The van der Waals surface area contributed by atoms with E-state index in [1.54, 1.807) is 0 Å². The molecule has 0 saturated carbocycles. The van der Waals surface area contributed by atoms with Crippen molar-refractivity contribution in [2.24, 2.45) is 5.92 Å². The van der Waals surface area contributed by atoms with Gasteiger partial charge in [-0.3, -0.25) is 4.79 Å². The fourth-order valence-corrected chi connectivity index (χ4v) is 2.51. The predicted molar refractivity (Wildman–Crippen MR) is 56.1 cm³/mol. The van der Waals surface area contributed by atoms with Crippen LogP contribution in [0.5, 0.6) is 0 Å². The average molecular weight is 252 g/mol. The van der Waals surface area contributed by atoms with Crippen LogP contribution >= 0.6 is 0 Å². The summed E-state index contributed by atoms with van der Waals surface area (Å²) < 4.78 is 30.9. The molecule has 1 aliphatic rings. The van der Waals surface area contributed by atoms with Gasteiger partial charge in [-0.25, -0.2) is 0 Å². The number of carboxylic acid groups (broad SMARTS) is 1. The maximum Gasteiger partial charge on any atom is 0.310 e. The van der Waals surface area contributed by atoms with E-state index in [1.165, 1.54) is 14.1 Å². The van der Waals surface area contributed by atoms with Crippen molar-refractivity contribution in [3.05, 3.63) is 0 Å². The van der Waals surface area contributed by atoms with E-state index >= 15 is 0 Å². The highest BCUT2D eigenvalue weighted by molar-refractivity contribution is 7.86. The quantitative estimate of drug-likeness (QED) is 0.683. The lowest BCUT2D eigenvalue weighted by Gasteiger charge is -2.24. The predicted octanol–water partition coefficient (Wildman–Crippen LogP) is -1.17. The molecule has 1 heterocycles. The van der Waals surface area contributed by atoms with Crippen LogP contribution < -0.4 is 0 Å². The van der Waals surface area contributed by atoms with Gasteiger partial charge in [-0.15, -0.1) is 0 Å². The van der Waals surface area contributed by atoms with E-state index in [0.29, 0.717) is 0 Å². The van der Waals surface area contributed by atoms with E-state index in [0.717, 1.165) is 8.61 Å². The van der Waals surface area contributed by atoms with Crippen molar-refractivity contribution in [3.8, 4) is 0 Å². The molecule has 0 aromatic carbocycles. The van der Waals surface area contributed by atoms with Crippen LogP contribution in [-0.4, -0.2) is 68.5 Å². The third-order valence-electron chi connectivity index (χ3n) is 2.37. The van der Waals surface area contributed by atoms with Crippen LogP contribution in [-0.2, 0) is 19.7 Å². The summed E-state index contributed by atoms with van der Waals surface area (Å²) in [7, 11) is -0.739. The number of hydrogen-bond donors (Lipinski definition) is 1. The Morgan fingerprint density at radius 1 is 1.50 bits per heavy atom. The van der Waals surface area contributed by atoms with E-state index < -0.39 is 22.1 Å². The Morgan fingerprint density at radius 2 is 2.12 bits per heavy atom. The Labute approximate surface area is 94.8 Å². The molecule has 94 valence electrons. The summed E-state index contributed by atoms with van der Waals surface area (Å²) in [5.74, 6) is -1.85. The van der Waals surface area contributed by atoms with Crippen molar-refractivity contribution in [1.29, 1.82) is 0 Å². The van der Waals surface area contributed by atoms with Crippen molar-refractivity contribution in [3.63, 3.8) is 0 Å². The molecule has 1 N–H and O–H groups in total. The lowest BCUT2D eigenvalue weighted by molar-refractivity contribution is -0.143. The Balaban J connectivity index is 2.84. The zero-order chi connectivity index (χ0) is 12.3. The van der Waals surface area contributed by atoms with Crippen molar-refractivity contribution < 1.29 is 23.1 Å². The molecule has 0 radical (unpaired) electrons. The molecule has 0 aromatic heterocycles. The highest BCUT2D eigenvalue weighted by Gasteiger charge is 2.32.